The maximum Gasteiger partial charge on any atom is 0.121 e. The van der Waals surface area contributed by atoms with Gasteiger partial charge in [-0.25, -0.2) is 0 Å². The van der Waals surface area contributed by atoms with Crippen molar-refractivity contribution in [1.82, 2.24) is 5.32 Å². The van der Waals surface area contributed by atoms with Crippen LogP contribution in [0.25, 0.3) is 0 Å². The third-order valence-corrected chi connectivity index (χ3v) is 4.19. The van der Waals surface area contributed by atoms with E-state index in [1.807, 2.05) is 0 Å². The van der Waals surface area contributed by atoms with Gasteiger partial charge >= 0.3 is 0 Å². The largest absolute Gasteiger partial charge is 0.491 e. The Morgan fingerprint density at radius 3 is 2.68 bits per heavy atom. The second-order valence-electron chi connectivity index (χ2n) is 5.69. The summed E-state index contributed by atoms with van der Waals surface area (Å²) in [7, 11) is 0. The van der Waals surface area contributed by atoms with E-state index < -0.39 is 6.10 Å². The Morgan fingerprint density at radius 1 is 1.42 bits per heavy atom. The molecule has 0 aliphatic heterocycles. The van der Waals surface area contributed by atoms with Gasteiger partial charge in [0.25, 0.3) is 0 Å². The molecule has 2 rings (SSSR count). The quantitative estimate of drug-likeness (QED) is 0.848. The fourth-order valence-electron chi connectivity index (χ4n) is 1.91. The predicted octanol–water partition coefficient (Wildman–Crippen LogP) is 3.12. The van der Waals surface area contributed by atoms with Crippen LogP contribution in [0.1, 0.15) is 20.3 Å². The third kappa shape index (κ3) is 4.25. The second-order valence-corrected chi connectivity index (χ2v) is 6.51. The van der Waals surface area contributed by atoms with Gasteiger partial charge in [0.1, 0.15) is 18.5 Å². The van der Waals surface area contributed by atoms with Crippen LogP contribution in [-0.2, 0) is 0 Å². The molecule has 0 spiro atoms. The molecule has 19 heavy (non-hydrogen) atoms. The van der Waals surface area contributed by atoms with Gasteiger partial charge in [-0.15, -0.1) is 0 Å². The van der Waals surface area contributed by atoms with Gasteiger partial charge in [0.05, 0.1) is 10.0 Å². The van der Waals surface area contributed by atoms with E-state index in [0.29, 0.717) is 33.8 Å². The van der Waals surface area contributed by atoms with Crippen LogP contribution in [0.4, 0.5) is 0 Å². The Hall–Kier alpha value is -0.480. The normalized spacial score (nSPS) is 22.1. The minimum absolute atomic E-state index is 0.234. The van der Waals surface area contributed by atoms with E-state index in [2.05, 4.69) is 19.2 Å². The van der Waals surface area contributed by atoms with Gasteiger partial charge in [0.15, 0.2) is 0 Å². The van der Waals surface area contributed by atoms with Gasteiger partial charge in [-0.1, -0.05) is 37.0 Å². The molecule has 0 bridgehead atoms. The Kier molecular flexibility index (Phi) is 4.62. The zero-order valence-electron chi connectivity index (χ0n) is 11.1. The fourth-order valence-corrected chi connectivity index (χ4v) is 2.20. The summed E-state index contributed by atoms with van der Waals surface area (Å²) in [5.41, 5.74) is 0.365. The fraction of sp³-hybridized carbons (Fsp3) is 0.571. The van der Waals surface area contributed by atoms with Gasteiger partial charge in [-0.2, -0.15) is 0 Å². The Bertz CT molecular complexity index is 451. The van der Waals surface area contributed by atoms with Crippen molar-refractivity contribution in [2.75, 3.05) is 13.2 Å². The summed E-state index contributed by atoms with van der Waals surface area (Å²) >= 11 is 11.7. The number of aliphatic hydroxyl groups excluding tert-OH is 1. The molecule has 5 heteroatoms. The molecular formula is C14H19Cl2NO2. The number of hydrogen-bond acceptors (Lipinski definition) is 3. The van der Waals surface area contributed by atoms with Crippen molar-refractivity contribution in [3.05, 3.63) is 28.2 Å². The number of halogens is 2. The summed E-state index contributed by atoms with van der Waals surface area (Å²) in [5, 5.41) is 14.1. The van der Waals surface area contributed by atoms with E-state index in [4.69, 9.17) is 27.9 Å². The molecule has 2 atom stereocenters. The molecule has 1 aromatic rings. The van der Waals surface area contributed by atoms with Gasteiger partial charge < -0.3 is 15.2 Å². The molecular weight excluding hydrogens is 285 g/mol. The minimum atomic E-state index is -0.536. The molecule has 106 valence electrons. The maximum atomic E-state index is 9.83. The summed E-state index contributed by atoms with van der Waals surface area (Å²) in [4.78, 5) is 0. The van der Waals surface area contributed by atoms with Crippen LogP contribution in [0.15, 0.2) is 18.2 Å². The molecule has 0 saturated heterocycles. The molecule has 2 unspecified atom stereocenters. The molecule has 1 aliphatic carbocycles. The van der Waals surface area contributed by atoms with E-state index in [1.54, 1.807) is 18.2 Å². The molecule has 1 aromatic carbocycles. The van der Waals surface area contributed by atoms with Crippen LogP contribution in [0.5, 0.6) is 5.75 Å². The van der Waals surface area contributed by atoms with Crippen LogP contribution in [-0.4, -0.2) is 30.4 Å². The Labute approximate surface area is 123 Å². The highest BCUT2D eigenvalue weighted by atomic mass is 35.5. The van der Waals surface area contributed by atoms with Gasteiger partial charge in [-0.3, -0.25) is 0 Å². The van der Waals surface area contributed by atoms with Crippen LogP contribution >= 0.6 is 23.2 Å². The van der Waals surface area contributed by atoms with E-state index >= 15 is 0 Å². The van der Waals surface area contributed by atoms with Crippen molar-refractivity contribution in [3.63, 3.8) is 0 Å². The molecule has 2 N–H and O–H groups in total. The van der Waals surface area contributed by atoms with E-state index in [0.717, 1.165) is 6.42 Å². The third-order valence-electron chi connectivity index (χ3n) is 3.45. The average Bonchev–Trinajstić information content (AvgIpc) is 2.96. The van der Waals surface area contributed by atoms with Crippen LogP contribution in [0, 0.1) is 5.41 Å². The molecule has 1 fully saturated rings. The number of benzene rings is 1. The highest BCUT2D eigenvalue weighted by Gasteiger charge is 2.45. The first-order valence-electron chi connectivity index (χ1n) is 6.38. The van der Waals surface area contributed by atoms with Crippen LogP contribution in [0.2, 0.25) is 10.0 Å². The highest BCUT2D eigenvalue weighted by molar-refractivity contribution is 6.42. The number of ether oxygens (including phenoxy) is 1. The summed E-state index contributed by atoms with van der Waals surface area (Å²) in [6.07, 6.45) is 0.624. The van der Waals surface area contributed by atoms with Gasteiger partial charge in [-0.05, 0) is 24.0 Å². The molecule has 0 radical (unpaired) electrons. The van der Waals surface area contributed by atoms with Crippen molar-refractivity contribution in [2.24, 2.45) is 5.41 Å². The first kappa shape index (κ1) is 14.9. The number of rotatable bonds is 6. The van der Waals surface area contributed by atoms with Crippen molar-refractivity contribution in [3.8, 4) is 5.75 Å². The summed E-state index contributed by atoms with van der Waals surface area (Å²) in [6, 6.07) is 5.57. The lowest BCUT2D eigenvalue weighted by Gasteiger charge is -2.14. The number of hydrogen-bond donors (Lipinski definition) is 2. The lowest BCUT2D eigenvalue weighted by atomic mass is 10.2. The molecule has 0 amide bonds. The van der Waals surface area contributed by atoms with Crippen molar-refractivity contribution in [1.29, 1.82) is 0 Å². The summed E-state index contributed by atoms with van der Waals surface area (Å²) in [6.45, 7) is 5.19. The summed E-state index contributed by atoms with van der Waals surface area (Å²) < 4.78 is 5.48. The smallest absolute Gasteiger partial charge is 0.121 e. The molecule has 3 nitrogen and oxygen atoms in total. The SMILES string of the molecule is CC1(C)CC1NCC(O)COc1ccc(Cl)c(Cl)c1. The standard InChI is InChI=1S/C14H19Cl2NO2/c1-14(2)6-13(14)17-7-9(18)8-19-10-3-4-11(15)12(16)5-10/h3-5,9,13,17-18H,6-8H2,1-2H3. The first-order valence-corrected chi connectivity index (χ1v) is 7.13. The molecule has 1 aliphatic rings. The minimum Gasteiger partial charge on any atom is -0.491 e. The first-order chi connectivity index (χ1) is 8.88. The maximum absolute atomic E-state index is 9.83. The van der Waals surface area contributed by atoms with Crippen molar-refractivity contribution >= 4 is 23.2 Å². The Balaban J connectivity index is 1.71. The predicted molar refractivity (Wildman–Crippen MR) is 78.2 cm³/mol. The van der Waals surface area contributed by atoms with E-state index in [1.165, 1.54) is 0 Å². The molecule has 0 aromatic heterocycles. The summed E-state index contributed by atoms with van der Waals surface area (Å²) in [5.74, 6) is 0.611. The zero-order valence-corrected chi connectivity index (χ0v) is 12.6. The zero-order chi connectivity index (χ0) is 14.0. The van der Waals surface area contributed by atoms with E-state index in [9.17, 15) is 5.11 Å². The van der Waals surface area contributed by atoms with Gasteiger partial charge in [0, 0.05) is 18.7 Å². The lowest BCUT2D eigenvalue weighted by Crippen LogP contribution is -2.34. The van der Waals surface area contributed by atoms with Gasteiger partial charge in [0.2, 0.25) is 0 Å². The lowest BCUT2D eigenvalue weighted by molar-refractivity contribution is 0.105. The monoisotopic (exact) mass is 303 g/mol. The Morgan fingerprint density at radius 2 is 2.11 bits per heavy atom. The molecule has 0 heterocycles. The highest BCUT2D eigenvalue weighted by Crippen LogP contribution is 2.44. The molecule has 1 saturated carbocycles. The van der Waals surface area contributed by atoms with Crippen LogP contribution < -0.4 is 10.1 Å². The second kappa shape index (κ2) is 5.88. The number of nitrogens with one attached hydrogen (secondary N) is 1. The topological polar surface area (TPSA) is 41.5 Å². The number of aliphatic hydroxyl groups is 1. The van der Waals surface area contributed by atoms with Crippen LogP contribution in [0.3, 0.4) is 0 Å². The van der Waals surface area contributed by atoms with Crippen molar-refractivity contribution in [2.45, 2.75) is 32.4 Å². The van der Waals surface area contributed by atoms with Crippen molar-refractivity contribution < 1.29 is 9.84 Å². The average molecular weight is 304 g/mol. The van der Waals surface area contributed by atoms with E-state index in [-0.39, 0.29) is 6.61 Å².